The van der Waals surface area contributed by atoms with Crippen molar-refractivity contribution in [1.29, 1.82) is 0 Å². The van der Waals surface area contributed by atoms with Crippen LogP contribution in [0.5, 0.6) is 0 Å². The Labute approximate surface area is 151 Å². The third kappa shape index (κ3) is 2.56. The van der Waals surface area contributed by atoms with Gasteiger partial charge < -0.3 is 9.51 Å². The fraction of sp³-hybridized carbons (Fsp3) is 0.211. The maximum atomic E-state index is 14.2. The van der Waals surface area contributed by atoms with E-state index in [4.69, 9.17) is 4.52 Å². The molecule has 3 heterocycles. The molecule has 0 amide bonds. The molecule has 0 aliphatic heterocycles. The van der Waals surface area contributed by atoms with Crippen LogP contribution < -0.4 is 5.56 Å². The Kier molecular flexibility index (Phi) is 3.46. The SMILES string of the molecule is O=c1c2[nH]cc(-c3oncc3-c3cccc(F)c3F)c2ncn1CC1CC1. The number of fused-ring (bicyclic) bond motifs is 1. The van der Waals surface area contributed by atoms with Gasteiger partial charge in [-0.15, -0.1) is 0 Å². The molecule has 27 heavy (non-hydrogen) atoms. The van der Waals surface area contributed by atoms with Gasteiger partial charge in [-0.05, 0) is 24.8 Å². The average molecular weight is 368 g/mol. The summed E-state index contributed by atoms with van der Waals surface area (Å²) in [6.45, 7) is 0.651. The fourth-order valence-electron chi connectivity index (χ4n) is 3.26. The normalized spacial score (nSPS) is 14.1. The van der Waals surface area contributed by atoms with Gasteiger partial charge in [-0.3, -0.25) is 9.36 Å². The average Bonchev–Trinajstić information content (AvgIpc) is 3.17. The molecule has 5 rings (SSSR count). The standard InChI is InChI=1S/C19H14F2N4O2/c20-14-3-1-2-11(15(14)21)12-7-24-27-18(12)13-6-22-17-16(13)23-9-25(19(17)26)8-10-4-5-10/h1-3,6-7,9-10,22H,4-5,8H2. The number of rotatable bonds is 4. The summed E-state index contributed by atoms with van der Waals surface area (Å²) in [7, 11) is 0. The molecule has 8 heteroatoms. The van der Waals surface area contributed by atoms with Crippen molar-refractivity contribution >= 4 is 11.0 Å². The summed E-state index contributed by atoms with van der Waals surface area (Å²) < 4.78 is 34.7. The summed E-state index contributed by atoms with van der Waals surface area (Å²) in [5.74, 6) is -1.19. The number of hydrogen-bond donors (Lipinski definition) is 1. The number of hydrogen-bond acceptors (Lipinski definition) is 4. The summed E-state index contributed by atoms with van der Waals surface area (Å²) in [5.41, 5.74) is 1.37. The first-order chi connectivity index (χ1) is 13.1. The van der Waals surface area contributed by atoms with Gasteiger partial charge in [0, 0.05) is 18.3 Å². The van der Waals surface area contributed by atoms with Gasteiger partial charge in [-0.25, -0.2) is 13.8 Å². The van der Waals surface area contributed by atoms with Crippen LogP contribution in [0.4, 0.5) is 8.78 Å². The highest BCUT2D eigenvalue weighted by Crippen LogP contribution is 2.36. The van der Waals surface area contributed by atoms with Crippen molar-refractivity contribution in [2.45, 2.75) is 19.4 Å². The predicted molar refractivity (Wildman–Crippen MR) is 93.9 cm³/mol. The summed E-state index contributed by atoms with van der Waals surface area (Å²) in [6.07, 6.45) is 6.66. The van der Waals surface area contributed by atoms with Crippen LogP contribution in [0.1, 0.15) is 12.8 Å². The van der Waals surface area contributed by atoms with Crippen LogP contribution >= 0.6 is 0 Å². The van der Waals surface area contributed by atoms with E-state index in [-0.39, 0.29) is 22.4 Å². The van der Waals surface area contributed by atoms with Crippen molar-refractivity contribution in [3.05, 3.63) is 58.9 Å². The van der Waals surface area contributed by atoms with Crippen molar-refractivity contribution in [3.8, 4) is 22.5 Å². The lowest BCUT2D eigenvalue weighted by Crippen LogP contribution is -2.21. The van der Waals surface area contributed by atoms with Crippen LogP contribution in [0, 0.1) is 17.6 Å². The van der Waals surface area contributed by atoms with Gasteiger partial charge in [0.05, 0.1) is 23.7 Å². The smallest absolute Gasteiger partial charge is 0.277 e. The third-order valence-electron chi connectivity index (χ3n) is 4.86. The van der Waals surface area contributed by atoms with Crippen LogP contribution in [0.15, 0.2) is 46.2 Å². The quantitative estimate of drug-likeness (QED) is 0.595. The molecule has 136 valence electrons. The number of halogens is 2. The Balaban J connectivity index is 1.65. The molecule has 0 spiro atoms. The minimum absolute atomic E-state index is 0.0303. The van der Waals surface area contributed by atoms with E-state index in [0.717, 1.165) is 18.9 Å². The molecule has 0 atom stereocenters. The third-order valence-corrected chi connectivity index (χ3v) is 4.86. The lowest BCUT2D eigenvalue weighted by molar-refractivity contribution is 0.432. The van der Waals surface area contributed by atoms with E-state index in [1.807, 2.05) is 0 Å². The van der Waals surface area contributed by atoms with Crippen LogP contribution in [0.25, 0.3) is 33.5 Å². The van der Waals surface area contributed by atoms with Gasteiger partial charge in [0.1, 0.15) is 11.0 Å². The highest BCUT2D eigenvalue weighted by molar-refractivity contribution is 5.94. The molecule has 1 aliphatic carbocycles. The Morgan fingerprint density at radius 1 is 1.22 bits per heavy atom. The Morgan fingerprint density at radius 2 is 2.07 bits per heavy atom. The van der Waals surface area contributed by atoms with Gasteiger partial charge in [-0.2, -0.15) is 0 Å². The minimum Gasteiger partial charge on any atom is -0.355 e. The van der Waals surface area contributed by atoms with Gasteiger partial charge in [0.15, 0.2) is 17.4 Å². The molecular formula is C19H14F2N4O2. The first kappa shape index (κ1) is 15.9. The van der Waals surface area contributed by atoms with Crippen LogP contribution in [-0.2, 0) is 6.54 Å². The van der Waals surface area contributed by atoms with Gasteiger partial charge in [-0.1, -0.05) is 17.3 Å². The van der Waals surface area contributed by atoms with Crippen LogP contribution in [0.3, 0.4) is 0 Å². The second kappa shape index (κ2) is 5.87. The van der Waals surface area contributed by atoms with E-state index < -0.39 is 11.6 Å². The molecule has 0 bridgehead atoms. The van der Waals surface area contributed by atoms with E-state index in [1.165, 1.54) is 24.7 Å². The number of nitrogens with zero attached hydrogens (tertiary/aromatic N) is 3. The first-order valence-electron chi connectivity index (χ1n) is 8.59. The van der Waals surface area contributed by atoms with Crippen molar-refractivity contribution in [2.24, 2.45) is 5.92 Å². The summed E-state index contributed by atoms with van der Waals surface area (Å²) in [6, 6.07) is 3.90. The molecule has 1 fully saturated rings. The molecule has 3 aromatic heterocycles. The van der Waals surface area contributed by atoms with Crippen LogP contribution in [0.2, 0.25) is 0 Å². The molecule has 0 saturated heterocycles. The first-order valence-corrected chi connectivity index (χ1v) is 8.59. The zero-order chi connectivity index (χ0) is 18.5. The molecule has 4 aromatic rings. The molecule has 0 radical (unpaired) electrons. The minimum atomic E-state index is -0.985. The molecule has 1 N–H and O–H groups in total. The van der Waals surface area contributed by atoms with Crippen molar-refractivity contribution in [2.75, 3.05) is 0 Å². The fourth-order valence-corrected chi connectivity index (χ4v) is 3.26. The maximum Gasteiger partial charge on any atom is 0.277 e. The Bertz CT molecular complexity index is 1220. The topological polar surface area (TPSA) is 76.7 Å². The molecule has 6 nitrogen and oxygen atoms in total. The van der Waals surface area contributed by atoms with E-state index in [1.54, 1.807) is 10.8 Å². The van der Waals surface area contributed by atoms with E-state index in [0.29, 0.717) is 29.1 Å². The Hall–Kier alpha value is -3.29. The molecule has 1 saturated carbocycles. The number of aromatic nitrogens is 4. The van der Waals surface area contributed by atoms with Gasteiger partial charge >= 0.3 is 0 Å². The maximum absolute atomic E-state index is 14.2. The lowest BCUT2D eigenvalue weighted by Gasteiger charge is -2.04. The summed E-state index contributed by atoms with van der Waals surface area (Å²) in [5, 5.41) is 3.73. The summed E-state index contributed by atoms with van der Waals surface area (Å²) in [4.78, 5) is 20.0. The van der Waals surface area contributed by atoms with E-state index in [9.17, 15) is 13.6 Å². The number of nitrogens with one attached hydrogen (secondary N) is 1. The van der Waals surface area contributed by atoms with E-state index >= 15 is 0 Å². The number of H-pyrrole nitrogens is 1. The predicted octanol–water partition coefficient (Wildman–Crippen LogP) is 3.73. The highest BCUT2D eigenvalue weighted by atomic mass is 19.2. The lowest BCUT2D eigenvalue weighted by atomic mass is 10.0. The summed E-state index contributed by atoms with van der Waals surface area (Å²) >= 11 is 0. The second-order valence-corrected chi connectivity index (χ2v) is 6.74. The zero-order valence-corrected chi connectivity index (χ0v) is 14.1. The molecule has 0 unspecified atom stereocenters. The van der Waals surface area contributed by atoms with Crippen LogP contribution in [-0.4, -0.2) is 19.7 Å². The van der Waals surface area contributed by atoms with Gasteiger partial charge in [0.25, 0.3) is 5.56 Å². The number of aromatic amines is 1. The highest BCUT2D eigenvalue weighted by Gasteiger charge is 2.24. The Morgan fingerprint density at radius 3 is 2.89 bits per heavy atom. The zero-order valence-electron chi connectivity index (χ0n) is 14.1. The molecular weight excluding hydrogens is 354 g/mol. The van der Waals surface area contributed by atoms with Crippen molar-refractivity contribution in [3.63, 3.8) is 0 Å². The van der Waals surface area contributed by atoms with Crippen molar-refractivity contribution < 1.29 is 13.3 Å². The molecule has 1 aromatic carbocycles. The van der Waals surface area contributed by atoms with Crippen molar-refractivity contribution in [1.82, 2.24) is 19.7 Å². The number of benzene rings is 1. The second-order valence-electron chi connectivity index (χ2n) is 6.74. The molecule has 1 aliphatic rings. The monoisotopic (exact) mass is 368 g/mol. The van der Waals surface area contributed by atoms with Gasteiger partial charge in [0.2, 0.25) is 0 Å². The van der Waals surface area contributed by atoms with E-state index in [2.05, 4.69) is 15.1 Å². The largest absolute Gasteiger partial charge is 0.355 e.